The van der Waals surface area contributed by atoms with E-state index < -0.39 is 6.04 Å². The molecule has 0 aliphatic heterocycles. The number of amides is 1. The van der Waals surface area contributed by atoms with Crippen LogP contribution in [0.4, 0.5) is 0 Å². The summed E-state index contributed by atoms with van der Waals surface area (Å²) in [6.07, 6.45) is 0. The van der Waals surface area contributed by atoms with E-state index in [2.05, 4.69) is 5.32 Å². The second kappa shape index (κ2) is 6.43. The largest absolute Gasteiger partial charge is 0.348 e. The van der Waals surface area contributed by atoms with Crippen molar-refractivity contribution in [1.29, 1.82) is 0 Å². The molecule has 3 N–H and O–H groups in total. The number of hydrogen-bond donors (Lipinski definition) is 2. The summed E-state index contributed by atoms with van der Waals surface area (Å²) in [5.74, 6) is -0.124. The van der Waals surface area contributed by atoms with Gasteiger partial charge in [0, 0.05) is 0 Å². The highest BCUT2D eigenvalue weighted by molar-refractivity contribution is 5.85. The molecule has 0 bridgehead atoms. The predicted octanol–water partition coefficient (Wildman–Crippen LogP) is 1.63. The molecule has 0 unspecified atom stereocenters. The molecule has 1 aromatic rings. The summed E-state index contributed by atoms with van der Waals surface area (Å²) in [6, 6.07) is 9.35. The number of carbonyl (C=O) groups is 1. The van der Waals surface area contributed by atoms with Crippen molar-refractivity contribution in [2.45, 2.75) is 25.9 Å². The monoisotopic (exact) mass is 228 g/mol. The number of benzene rings is 1. The van der Waals surface area contributed by atoms with Gasteiger partial charge in [0.25, 0.3) is 0 Å². The lowest BCUT2D eigenvalue weighted by Crippen LogP contribution is -2.39. The van der Waals surface area contributed by atoms with Gasteiger partial charge in [0.15, 0.2) is 0 Å². The number of nitrogens with two attached hydrogens (primary N) is 1. The summed E-state index contributed by atoms with van der Waals surface area (Å²) in [5.41, 5.74) is 6.53. The van der Waals surface area contributed by atoms with Crippen molar-refractivity contribution in [2.24, 2.45) is 5.73 Å². The maximum atomic E-state index is 11.3. The van der Waals surface area contributed by atoms with E-state index in [1.165, 1.54) is 0 Å². The van der Waals surface area contributed by atoms with Crippen LogP contribution in [0.5, 0.6) is 0 Å². The van der Waals surface area contributed by atoms with E-state index in [9.17, 15) is 4.79 Å². The molecule has 0 radical (unpaired) electrons. The van der Waals surface area contributed by atoms with Gasteiger partial charge in [-0.05, 0) is 19.4 Å². The number of hydrogen-bond acceptors (Lipinski definition) is 2. The van der Waals surface area contributed by atoms with Gasteiger partial charge >= 0.3 is 0 Å². The lowest BCUT2D eigenvalue weighted by molar-refractivity contribution is -0.122. The molecule has 4 heteroatoms. The van der Waals surface area contributed by atoms with Crippen LogP contribution in [0.15, 0.2) is 30.3 Å². The van der Waals surface area contributed by atoms with E-state index in [1.807, 2.05) is 37.3 Å². The van der Waals surface area contributed by atoms with Crippen molar-refractivity contribution in [1.82, 2.24) is 5.32 Å². The molecule has 0 aliphatic rings. The summed E-state index contributed by atoms with van der Waals surface area (Å²) in [6.45, 7) is 3.61. The minimum absolute atomic E-state index is 0. The molecular formula is C11H17ClN2O. The van der Waals surface area contributed by atoms with Gasteiger partial charge in [-0.3, -0.25) is 4.79 Å². The summed E-state index contributed by atoms with van der Waals surface area (Å²) in [4.78, 5) is 11.3. The zero-order valence-corrected chi connectivity index (χ0v) is 9.75. The van der Waals surface area contributed by atoms with E-state index in [4.69, 9.17) is 5.73 Å². The normalized spacial score (nSPS) is 13.5. The van der Waals surface area contributed by atoms with E-state index >= 15 is 0 Å². The second-order valence-electron chi connectivity index (χ2n) is 3.43. The molecule has 0 fully saturated rings. The van der Waals surface area contributed by atoms with Crippen molar-refractivity contribution in [3.63, 3.8) is 0 Å². The average molecular weight is 229 g/mol. The number of nitrogens with one attached hydrogen (secondary N) is 1. The molecule has 2 atom stereocenters. The van der Waals surface area contributed by atoms with Crippen LogP contribution in [0.2, 0.25) is 0 Å². The molecule has 1 rings (SSSR count). The lowest BCUT2D eigenvalue weighted by Gasteiger charge is -2.15. The maximum absolute atomic E-state index is 11.3. The van der Waals surface area contributed by atoms with E-state index in [1.54, 1.807) is 6.92 Å². The van der Waals surface area contributed by atoms with Crippen LogP contribution >= 0.6 is 12.4 Å². The van der Waals surface area contributed by atoms with Crippen LogP contribution in [-0.2, 0) is 4.79 Å². The first kappa shape index (κ1) is 13.9. The fourth-order valence-corrected chi connectivity index (χ4v) is 1.17. The van der Waals surface area contributed by atoms with Crippen LogP contribution in [0.25, 0.3) is 0 Å². The third-order valence-electron chi connectivity index (χ3n) is 2.07. The van der Waals surface area contributed by atoms with Crippen molar-refractivity contribution in [2.75, 3.05) is 0 Å². The van der Waals surface area contributed by atoms with E-state index in [0.29, 0.717) is 0 Å². The summed E-state index contributed by atoms with van der Waals surface area (Å²) >= 11 is 0. The van der Waals surface area contributed by atoms with Gasteiger partial charge in [0.2, 0.25) is 5.91 Å². The van der Waals surface area contributed by atoms with Gasteiger partial charge in [0.1, 0.15) is 0 Å². The zero-order valence-electron chi connectivity index (χ0n) is 8.94. The third-order valence-corrected chi connectivity index (χ3v) is 2.07. The number of rotatable bonds is 3. The number of halogens is 1. The average Bonchev–Trinajstić information content (AvgIpc) is 2.19. The highest BCUT2D eigenvalue weighted by atomic mass is 35.5. The minimum Gasteiger partial charge on any atom is -0.348 e. The van der Waals surface area contributed by atoms with E-state index in [0.717, 1.165) is 5.56 Å². The van der Waals surface area contributed by atoms with Gasteiger partial charge in [0.05, 0.1) is 12.1 Å². The first-order valence-corrected chi connectivity index (χ1v) is 4.72. The fraction of sp³-hybridized carbons (Fsp3) is 0.364. The van der Waals surface area contributed by atoms with Crippen LogP contribution in [0.1, 0.15) is 25.5 Å². The van der Waals surface area contributed by atoms with Crippen molar-refractivity contribution in [3.05, 3.63) is 35.9 Å². The molecule has 84 valence electrons. The maximum Gasteiger partial charge on any atom is 0.237 e. The minimum atomic E-state index is -0.457. The molecule has 0 saturated carbocycles. The molecule has 1 amide bonds. The van der Waals surface area contributed by atoms with Gasteiger partial charge in [-0.15, -0.1) is 12.4 Å². The smallest absolute Gasteiger partial charge is 0.237 e. The lowest BCUT2D eigenvalue weighted by atomic mass is 10.1. The summed E-state index contributed by atoms with van der Waals surface area (Å²) in [7, 11) is 0. The molecule has 1 aromatic carbocycles. The Labute approximate surface area is 96.5 Å². The SMILES string of the molecule is C[C@@H](N)C(=O)N[C@H](C)c1ccccc1.Cl. The second-order valence-corrected chi connectivity index (χ2v) is 3.43. The molecule has 3 nitrogen and oxygen atoms in total. The molecule has 15 heavy (non-hydrogen) atoms. The standard InChI is InChI=1S/C11H16N2O.ClH/c1-8(12)11(14)13-9(2)10-6-4-3-5-7-10;/h3-9H,12H2,1-2H3,(H,13,14);1H/t8-,9-;/m1./s1. The molecule has 0 spiro atoms. The Morgan fingerprint density at radius 1 is 1.27 bits per heavy atom. The highest BCUT2D eigenvalue weighted by Crippen LogP contribution is 2.10. The predicted molar refractivity (Wildman–Crippen MR) is 63.9 cm³/mol. The first-order valence-electron chi connectivity index (χ1n) is 4.72. The van der Waals surface area contributed by atoms with Crippen LogP contribution in [0.3, 0.4) is 0 Å². The molecule has 0 saturated heterocycles. The Morgan fingerprint density at radius 3 is 2.27 bits per heavy atom. The number of carbonyl (C=O) groups excluding carboxylic acids is 1. The van der Waals surface area contributed by atoms with Crippen molar-refractivity contribution < 1.29 is 4.79 Å². The Hall–Kier alpha value is -1.06. The van der Waals surface area contributed by atoms with Gasteiger partial charge in [-0.1, -0.05) is 30.3 Å². The summed E-state index contributed by atoms with van der Waals surface area (Å²) < 4.78 is 0. The molecular weight excluding hydrogens is 212 g/mol. The molecule has 0 heterocycles. The van der Waals surface area contributed by atoms with Gasteiger partial charge < -0.3 is 11.1 Å². The topological polar surface area (TPSA) is 55.1 Å². The molecule has 0 aromatic heterocycles. The first-order chi connectivity index (χ1) is 6.61. The van der Waals surface area contributed by atoms with Crippen LogP contribution < -0.4 is 11.1 Å². The quantitative estimate of drug-likeness (QED) is 0.827. The third kappa shape index (κ3) is 4.32. The fourth-order valence-electron chi connectivity index (χ4n) is 1.17. The Morgan fingerprint density at radius 2 is 1.80 bits per heavy atom. The van der Waals surface area contributed by atoms with Gasteiger partial charge in [-0.2, -0.15) is 0 Å². The van der Waals surface area contributed by atoms with Crippen LogP contribution in [0, 0.1) is 0 Å². The van der Waals surface area contributed by atoms with E-state index in [-0.39, 0.29) is 24.4 Å². The Kier molecular flexibility index (Phi) is 5.97. The molecule has 0 aliphatic carbocycles. The van der Waals surface area contributed by atoms with Crippen molar-refractivity contribution >= 4 is 18.3 Å². The van der Waals surface area contributed by atoms with Crippen molar-refractivity contribution in [3.8, 4) is 0 Å². The zero-order chi connectivity index (χ0) is 10.6. The highest BCUT2D eigenvalue weighted by Gasteiger charge is 2.11. The Balaban J connectivity index is 0.00000196. The van der Waals surface area contributed by atoms with Crippen LogP contribution in [-0.4, -0.2) is 11.9 Å². The summed E-state index contributed by atoms with van der Waals surface area (Å²) in [5, 5.41) is 2.83. The van der Waals surface area contributed by atoms with Gasteiger partial charge in [-0.25, -0.2) is 0 Å². The Bertz CT molecular complexity index is 301.